The number of carboxylic acids is 1. The standard InChI is InChI=1S/C36H69O6P/c1-2-3-4-5-6-7-8-9-10-11-14-17-20-23-26-29-32-35(36(37)38)33-30-27-24-21-18-15-12-13-16-19-22-25-28-31-34-42-43(39,40)41/h9-10,12,15,35H,2-8,11,13-14,16-34H2,1H3,(H,37,38)(H2,39,40,41)/b10-9-,15-12-. The molecule has 1 atom stereocenters. The highest BCUT2D eigenvalue weighted by Gasteiger charge is 2.16. The van der Waals surface area contributed by atoms with Gasteiger partial charge in [-0.1, -0.05) is 140 Å². The van der Waals surface area contributed by atoms with E-state index in [0.29, 0.717) is 6.42 Å². The van der Waals surface area contributed by atoms with Crippen LogP contribution in [0.15, 0.2) is 24.3 Å². The lowest BCUT2D eigenvalue weighted by molar-refractivity contribution is -0.142. The van der Waals surface area contributed by atoms with Crippen molar-refractivity contribution < 1.29 is 28.8 Å². The second-order valence-corrected chi connectivity index (χ2v) is 13.7. The third-order valence-electron chi connectivity index (χ3n) is 8.28. The van der Waals surface area contributed by atoms with Gasteiger partial charge in [-0.2, -0.15) is 0 Å². The van der Waals surface area contributed by atoms with Crippen LogP contribution in [0.1, 0.15) is 187 Å². The molecule has 0 aromatic rings. The Morgan fingerprint density at radius 2 is 0.884 bits per heavy atom. The van der Waals surface area contributed by atoms with Crippen LogP contribution in [0.2, 0.25) is 0 Å². The zero-order chi connectivity index (χ0) is 31.7. The normalized spacial score (nSPS) is 13.0. The minimum absolute atomic E-state index is 0.130. The summed E-state index contributed by atoms with van der Waals surface area (Å²) < 4.78 is 15.0. The van der Waals surface area contributed by atoms with Gasteiger partial charge in [-0.25, -0.2) is 4.57 Å². The van der Waals surface area contributed by atoms with Crippen molar-refractivity contribution in [2.24, 2.45) is 5.92 Å². The largest absolute Gasteiger partial charge is 0.481 e. The molecule has 0 aromatic carbocycles. The Labute approximate surface area is 265 Å². The first-order valence-electron chi connectivity index (χ1n) is 18.1. The van der Waals surface area contributed by atoms with Gasteiger partial charge in [0.25, 0.3) is 0 Å². The fourth-order valence-corrected chi connectivity index (χ4v) is 5.89. The minimum Gasteiger partial charge on any atom is -0.481 e. The Morgan fingerprint density at radius 1 is 0.558 bits per heavy atom. The van der Waals surface area contributed by atoms with E-state index in [1.54, 1.807) is 0 Å². The molecule has 0 spiro atoms. The molecule has 43 heavy (non-hydrogen) atoms. The summed E-state index contributed by atoms with van der Waals surface area (Å²) in [6, 6.07) is 0. The third-order valence-corrected chi connectivity index (χ3v) is 8.80. The molecular formula is C36H69O6P. The van der Waals surface area contributed by atoms with E-state index in [0.717, 1.165) is 64.2 Å². The second-order valence-electron chi connectivity index (χ2n) is 12.5. The van der Waals surface area contributed by atoms with Crippen LogP contribution in [0.25, 0.3) is 0 Å². The molecule has 0 amide bonds. The van der Waals surface area contributed by atoms with E-state index in [2.05, 4.69) is 35.8 Å². The Morgan fingerprint density at radius 3 is 1.23 bits per heavy atom. The van der Waals surface area contributed by atoms with Crippen LogP contribution in [0, 0.1) is 5.92 Å². The highest BCUT2D eigenvalue weighted by atomic mass is 31.2. The highest BCUT2D eigenvalue weighted by molar-refractivity contribution is 7.46. The van der Waals surface area contributed by atoms with Crippen LogP contribution in [0.3, 0.4) is 0 Å². The molecule has 0 heterocycles. The fraction of sp³-hybridized carbons (Fsp3) is 0.861. The maximum absolute atomic E-state index is 11.7. The monoisotopic (exact) mass is 628 g/mol. The SMILES string of the molecule is CCCCCCCC/C=C\CCCCCCCCC(CCCCCC/C=C\CCCCCCCCOP(=O)(O)O)C(=O)O. The number of rotatable bonds is 34. The number of carboxylic acid groups (broad SMARTS) is 1. The molecule has 3 N–H and O–H groups in total. The molecular weight excluding hydrogens is 559 g/mol. The highest BCUT2D eigenvalue weighted by Crippen LogP contribution is 2.35. The Balaban J connectivity index is 3.49. The van der Waals surface area contributed by atoms with Crippen molar-refractivity contribution in [3.63, 3.8) is 0 Å². The van der Waals surface area contributed by atoms with E-state index in [9.17, 15) is 14.5 Å². The zero-order valence-corrected chi connectivity index (χ0v) is 28.8. The lowest BCUT2D eigenvalue weighted by Crippen LogP contribution is -2.13. The van der Waals surface area contributed by atoms with Gasteiger partial charge in [-0.3, -0.25) is 9.32 Å². The van der Waals surface area contributed by atoms with Crippen molar-refractivity contribution in [1.82, 2.24) is 0 Å². The predicted molar refractivity (Wildman–Crippen MR) is 182 cm³/mol. The van der Waals surface area contributed by atoms with Gasteiger partial charge in [0.15, 0.2) is 0 Å². The average Bonchev–Trinajstić information content (AvgIpc) is 2.96. The first kappa shape index (κ1) is 42.1. The number of hydrogen-bond acceptors (Lipinski definition) is 3. The number of allylic oxidation sites excluding steroid dienone is 4. The second kappa shape index (κ2) is 32.5. The number of unbranched alkanes of at least 4 members (excludes halogenated alkanes) is 22. The molecule has 0 bridgehead atoms. The van der Waals surface area contributed by atoms with E-state index >= 15 is 0 Å². The van der Waals surface area contributed by atoms with Gasteiger partial charge in [0.2, 0.25) is 0 Å². The van der Waals surface area contributed by atoms with Gasteiger partial charge in [0.05, 0.1) is 12.5 Å². The van der Waals surface area contributed by atoms with Gasteiger partial charge in [-0.05, 0) is 70.6 Å². The van der Waals surface area contributed by atoms with Gasteiger partial charge in [0, 0.05) is 0 Å². The fourth-order valence-electron chi connectivity index (χ4n) is 5.53. The number of phosphoric ester groups is 1. The van der Waals surface area contributed by atoms with Crippen LogP contribution in [-0.2, 0) is 13.9 Å². The summed E-state index contributed by atoms with van der Waals surface area (Å²) in [6.07, 6.45) is 41.9. The molecule has 7 heteroatoms. The summed E-state index contributed by atoms with van der Waals surface area (Å²) in [5, 5.41) is 9.60. The summed E-state index contributed by atoms with van der Waals surface area (Å²) >= 11 is 0. The molecule has 0 fully saturated rings. The maximum atomic E-state index is 11.7. The summed E-state index contributed by atoms with van der Waals surface area (Å²) in [6.45, 7) is 2.40. The van der Waals surface area contributed by atoms with Crippen molar-refractivity contribution in [2.75, 3.05) is 6.61 Å². The summed E-state index contributed by atoms with van der Waals surface area (Å²) in [4.78, 5) is 28.9. The lowest BCUT2D eigenvalue weighted by atomic mass is 9.94. The molecule has 0 aliphatic carbocycles. The van der Waals surface area contributed by atoms with Crippen molar-refractivity contribution >= 4 is 13.8 Å². The van der Waals surface area contributed by atoms with E-state index in [-0.39, 0.29) is 12.5 Å². The molecule has 0 saturated heterocycles. The first-order chi connectivity index (χ1) is 20.9. The van der Waals surface area contributed by atoms with Crippen molar-refractivity contribution in [2.45, 2.75) is 187 Å². The Hall–Kier alpha value is -0.940. The molecule has 254 valence electrons. The Bertz CT molecular complexity index is 702. The topological polar surface area (TPSA) is 104 Å². The van der Waals surface area contributed by atoms with Crippen LogP contribution < -0.4 is 0 Å². The quantitative estimate of drug-likeness (QED) is 0.0372. The maximum Gasteiger partial charge on any atom is 0.469 e. The van der Waals surface area contributed by atoms with Gasteiger partial charge >= 0.3 is 13.8 Å². The van der Waals surface area contributed by atoms with Crippen molar-refractivity contribution in [3.05, 3.63) is 24.3 Å². The lowest BCUT2D eigenvalue weighted by Gasteiger charge is -2.12. The summed E-state index contributed by atoms with van der Waals surface area (Å²) in [5.41, 5.74) is 0. The van der Waals surface area contributed by atoms with Crippen LogP contribution in [0.4, 0.5) is 0 Å². The number of hydrogen-bond donors (Lipinski definition) is 3. The number of phosphoric acid groups is 1. The van der Waals surface area contributed by atoms with Crippen LogP contribution in [0.5, 0.6) is 0 Å². The smallest absolute Gasteiger partial charge is 0.469 e. The van der Waals surface area contributed by atoms with Crippen molar-refractivity contribution in [1.29, 1.82) is 0 Å². The van der Waals surface area contributed by atoms with E-state index in [1.807, 2.05) is 0 Å². The minimum atomic E-state index is -4.31. The Kier molecular flexibility index (Phi) is 31.7. The molecule has 0 aliphatic rings. The molecule has 0 radical (unpaired) electrons. The summed E-state index contributed by atoms with van der Waals surface area (Å²) in [7, 11) is -4.31. The van der Waals surface area contributed by atoms with Gasteiger partial charge in [0.1, 0.15) is 0 Å². The van der Waals surface area contributed by atoms with Crippen molar-refractivity contribution in [3.8, 4) is 0 Å². The van der Waals surface area contributed by atoms with Crippen LogP contribution >= 0.6 is 7.82 Å². The molecule has 6 nitrogen and oxygen atoms in total. The third kappa shape index (κ3) is 35.4. The number of carbonyl (C=O) groups is 1. The molecule has 1 unspecified atom stereocenters. The molecule has 0 saturated carbocycles. The predicted octanol–water partition coefficient (Wildman–Crippen LogP) is 11.9. The summed E-state index contributed by atoms with van der Waals surface area (Å²) in [5.74, 6) is -0.769. The average molecular weight is 629 g/mol. The van der Waals surface area contributed by atoms with Crippen LogP contribution in [-0.4, -0.2) is 27.5 Å². The molecule has 0 aromatic heterocycles. The van der Waals surface area contributed by atoms with Gasteiger partial charge < -0.3 is 14.9 Å². The van der Waals surface area contributed by atoms with Gasteiger partial charge in [-0.15, -0.1) is 0 Å². The van der Waals surface area contributed by atoms with E-state index < -0.39 is 13.8 Å². The van der Waals surface area contributed by atoms with E-state index in [4.69, 9.17) is 9.79 Å². The zero-order valence-electron chi connectivity index (χ0n) is 27.9. The molecule has 0 aliphatic heterocycles. The molecule has 0 rings (SSSR count). The first-order valence-corrected chi connectivity index (χ1v) is 19.6. The number of aliphatic carboxylic acids is 1. The van der Waals surface area contributed by atoms with E-state index in [1.165, 1.54) is 109 Å².